The molecule has 0 amide bonds. The van der Waals surface area contributed by atoms with E-state index >= 15 is 0 Å². The zero-order valence-corrected chi connectivity index (χ0v) is 21.1. The molecule has 172 valence electrons. The minimum absolute atomic E-state index is 0.134. The van der Waals surface area contributed by atoms with E-state index < -0.39 is 5.41 Å². The molecule has 1 aromatic rings. The van der Waals surface area contributed by atoms with Crippen molar-refractivity contribution in [3.05, 3.63) is 52.6 Å². The number of ketones is 2. The number of allylic oxidation sites excluding steroid dienone is 4. The summed E-state index contributed by atoms with van der Waals surface area (Å²) in [5.74, 6) is 8.39. The topological polar surface area (TPSA) is 34.1 Å². The third-order valence-electron chi connectivity index (χ3n) is 9.39. The van der Waals surface area contributed by atoms with Gasteiger partial charge in [-0.2, -0.15) is 0 Å². The third-order valence-corrected chi connectivity index (χ3v) is 10.1. The molecule has 2 nitrogen and oxygen atoms in total. The maximum Gasteiger partial charge on any atom is 0.156 e. The number of benzene rings is 1. The van der Waals surface area contributed by atoms with Gasteiger partial charge in [0.05, 0.1) is 5.41 Å². The van der Waals surface area contributed by atoms with Gasteiger partial charge in [0.2, 0.25) is 0 Å². The summed E-state index contributed by atoms with van der Waals surface area (Å²) < 4.78 is 0. The predicted octanol–water partition coefficient (Wildman–Crippen LogP) is 6.91. The zero-order valence-electron chi connectivity index (χ0n) is 20.3. The summed E-state index contributed by atoms with van der Waals surface area (Å²) in [7, 11) is 0. The van der Waals surface area contributed by atoms with Crippen molar-refractivity contribution in [2.75, 3.05) is 6.26 Å². The fraction of sp³-hybridized carbons (Fsp3) is 0.533. The molecule has 1 aromatic carbocycles. The van der Waals surface area contributed by atoms with Crippen molar-refractivity contribution in [3.63, 3.8) is 0 Å². The Balaban J connectivity index is 1.71. The lowest BCUT2D eigenvalue weighted by molar-refractivity contribution is -0.130. The first-order valence-electron chi connectivity index (χ1n) is 12.4. The minimum Gasteiger partial charge on any atom is -0.298 e. The van der Waals surface area contributed by atoms with E-state index in [9.17, 15) is 9.59 Å². The van der Waals surface area contributed by atoms with Crippen LogP contribution in [0.25, 0.3) is 0 Å². The molecule has 0 aliphatic heterocycles. The van der Waals surface area contributed by atoms with Gasteiger partial charge in [-0.3, -0.25) is 9.59 Å². The molecular formula is C30H34O2S. The summed E-state index contributed by atoms with van der Waals surface area (Å²) >= 11 is 1.77. The van der Waals surface area contributed by atoms with Crippen LogP contribution in [-0.2, 0) is 9.59 Å². The van der Waals surface area contributed by atoms with Crippen LogP contribution in [0.15, 0.2) is 52.0 Å². The van der Waals surface area contributed by atoms with Crippen LogP contribution in [0.2, 0.25) is 0 Å². The number of carbonyl (C=O) groups excluding carboxylic acids is 2. The highest BCUT2D eigenvalue weighted by molar-refractivity contribution is 7.98. The molecule has 0 N–H and O–H groups in total. The lowest BCUT2D eigenvalue weighted by atomic mass is 9.48. The molecule has 0 saturated heterocycles. The van der Waals surface area contributed by atoms with E-state index in [2.05, 4.69) is 49.3 Å². The van der Waals surface area contributed by atoms with Crippen LogP contribution in [0.3, 0.4) is 0 Å². The first kappa shape index (κ1) is 22.7. The normalized spacial score (nSPS) is 35.1. The van der Waals surface area contributed by atoms with Crippen molar-refractivity contribution in [1.29, 1.82) is 0 Å². The number of fused-ring (bicyclic) bond motifs is 4. The Bertz CT molecular complexity index is 1130. The molecule has 0 unspecified atom stereocenters. The van der Waals surface area contributed by atoms with Crippen molar-refractivity contribution in [1.82, 2.24) is 0 Å². The molecular weight excluding hydrogens is 424 g/mol. The molecule has 0 heterocycles. The first-order chi connectivity index (χ1) is 15.8. The van der Waals surface area contributed by atoms with Gasteiger partial charge in [0, 0.05) is 17.2 Å². The van der Waals surface area contributed by atoms with E-state index in [4.69, 9.17) is 0 Å². The van der Waals surface area contributed by atoms with Crippen LogP contribution >= 0.6 is 11.8 Å². The highest BCUT2D eigenvalue weighted by Crippen LogP contribution is 2.69. The summed E-state index contributed by atoms with van der Waals surface area (Å²) in [4.78, 5) is 26.7. The van der Waals surface area contributed by atoms with Gasteiger partial charge in [0.25, 0.3) is 0 Å². The summed E-state index contributed by atoms with van der Waals surface area (Å²) in [5.41, 5.74) is 5.02. The van der Waals surface area contributed by atoms with Gasteiger partial charge in [-0.1, -0.05) is 30.6 Å². The van der Waals surface area contributed by atoms with E-state index in [1.807, 2.05) is 13.0 Å². The molecule has 2 saturated carbocycles. The van der Waals surface area contributed by atoms with Gasteiger partial charge in [-0.15, -0.1) is 17.7 Å². The Kier molecular flexibility index (Phi) is 5.73. The Morgan fingerprint density at radius 2 is 1.88 bits per heavy atom. The van der Waals surface area contributed by atoms with E-state index in [0.29, 0.717) is 18.3 Å². The van der Waals surface area contributed by atoms with Crippen molar-refractivity contribution < 1.29 is 9.59 Å². The van der Waals surface area contributed by atoms with Gasteiger partial charge >= 0.3 is 0 Å². The molecule has 3 heteroatoms. The number of Topliss-reactive ketones (excluding diaryl/α,β-unsaturated/α-hetero) is 1. The number of carbonyl (C=O) groups is 2. The first-order valence-corrected chi connectivity index (χ1v) is 13.6. The van der Waals surface area contributed by atoms with Gasteiger partial charge in [-0.25, -0.2) is 0 Å². The molecule has 0 aromatic heterocycles. The van der Waals surface area contributed by atoms with Crippen molar-refractivity contribution in [3.8, 4) is 11.8 Å². The van der Waals surface area contributed by atoms with Crippen LogP contribution < -0.4 is 0 Å². The predicted molar refractivity (Wildman–Crippen MR) is 135 cm³/mol. The van der Waals surface area contributed by atoms with E-state index in [1.54, 1.807) is 24.3 Å². The fourth-order valence-electron chi connectivity index (χ4n) is 7.91. The maximum absolute atomic E-state index is 13.2. The smallest absolute Gasteiger partial charge is 0.156 e. The number of hydrogen-bond acceptors (Lipinski definition) is 3. The van der Waals surface area contributed by atoms with Gasteiger partial charge in [0.15, 0.2) is 5.78 Å². The summed E-state index contributed by atoms with van der Waals surface area (Å²) in [6.07, 6.45) is 10.5. The average Bonchev–Trinajstić information content (AvgIpc) is 3.11. The number of hydrogen-bond donors (Lipinski definition) is 0. The van der Waals surface area contributed by atoms with Crippen LogP contribution in [0, 0.1) is 34.5 Å². The Morgan fingerprint density at radius 1 is 1.12 bits per heavy atom. The second-order valence-electron chi connectivity index (χ2n) is 10.6. The molecule has 0 radical (unpaired) electrons. The highest BCUT2D eigenvalue weighted by atomic mass is 32.2. The molecule has 0 bridgehead atoms. The zero-order chi connectivity index (χ0) is 23.4. The van der Waals surface area contributed by atoms with Gasteiger partial charge < -0.3 is 0 Å². The number of thioether (sulfide) groups is 1. The molecule has 4 aliphatic carbocycles. The maximum atomic E-state index is 13.2. The standard InChI is InChI=1S/C30H34O2S/c1-5-15-30(19(2)31)16-14-27-25-12-8-21-17-22(32)9-13-24(21)28(25)26(18-29(27,30)3)20-6-10-23(33-4)11-7-20/h6-7,10-11,17,25-27H,8-9,12-14,16,18H2,1-4H3/t25-,26+,27-,29-,30+/m0/s1. The molecule has 4 aliphatic rings. The lowest BCUT2D eigenvalue weighted by Gasteiger charge is -2.54. The third kappa shape index (κ3) is 3.32. The molecule has 0 spiro atoms. The monoisotopic (exact) mass is 458 g/mol. The van der Waals surface area contributed by atoms with Crippen molar-refractivity contribution in [2.24, 2.45) is 22.7 Å². The van der Waals surface area contributed by atoms with Gasteiger partial charge in [0.1, 0.15) is 5.78 Å². The summed E-state index contributed by atoms with van der Waals surface area (Å²) in [6, 6.07) is 9.06. The van der Waals surface area contributed by atoms with E-state index in [-0.39, 0.29) is 22.9 Å². The SMILES string of the molecule is CC#C[C@]1(C(C)=O)CC[C@H]2[C@@H]3CCC4=CC(=O)CCC4=C3[C@@H](c3ccc(SC)cc3)C[C@@]21C. The quantitative estimate of drug-likeness (QED) is 0.365. The molecule has 2 fully saturated rings. The van der Waals surface area contributed by atoms with E-state index in [0.717, 1.165) is 38.5 Å². The van der Waals surface area contributed by atoms with Crippen molar-refractivity contribution in [2.45, 2.75) is 76.5 Å². The van der Waals surface area contributed by atoms with Crippen LogP contribution in [0.1, 0.15) is 77.2 Å². The van der Waals surface area contributed by atoms with Gasteiger partial charge in [-0.05, 0) is 111 Å². The molecule has 5 rings (SSSR count). The summed E-state index contributed by atoms with van der Waals surface area (Å²) in [5, 5.41) is 0. The Morgan fingerprint density at radius 3 is 2.55 bits per heavy atom. The second kappa shape index (κ2) is 8.31. The fourth-order valence-corrected chi connectivity index (χ4v) is 8.32. The Hall–Kier alpha value is -2.05. The number of rotatable bonds is 3. The largest absolute Gasteiger partial charge is 0.298 e. The second-order valence-corrected chi connectivity index (χ2v) is 11.5. The minimum atomic E-state index is -0.543. The van der Waals surface area contributed by atoms with Crippen molar-refractivity contribution >= 4 is 23.3 Å². The average molecular weight is 459 g/mol. The molecule has 33 heavy (non-hydrogen) atoms. The van der Waals surface area contributed by atoms with Crippen LogP contribution in [0.4, 0.5) is 0 Å². The Labute approximate surface area is 202 Å². The van der Waals surface area contributed by atoms with Crippen LogP contribution in [-0.4, -0.2) is 17.8 Å². The molecule has 5 atom stereocenters. The van der Waals surface area contributed by atoms with E-state index in [1.165, 1.54) is 21.6 Å². The summed E-state index contributed by atoms with van der Waals surface area (Å²) in [6.45, 7) is 6.02. The highest BCUT2D eigenvalue weighted by Gasteiger charge is 2.64. The van der Waals surface area contributed by atoms with Crippen LogP contribution in [0.5, 0.6) is 0 Å². The lowest BCUT2D eigenvalue weighted by Crippen LogP contribution is -2.50.